The number of benzene rings is 4. The summed E-state index contributed by atoms with van der Waals surface area (Å²) in [6.07, 6.45) is 1.08. The van der Waals surface area contributed by atoms with Gasteiger partial charge in [0.05, 0.1) is 6.04 Å². The van der Waals surface area contributed by atoms with E-state index < -0.39 is 0 Å². The van der Waals surface area contributed by atoms with E-state index in [1.165, 1.54) is 22.3 Å². The monoisotopic (exact) mass is 420 g/mol. The molecule has 0 aliphatic heterocycles. The smallest absolute Gasteiger partial charge is 0.0577 e. The molecule has 4 rings (SSSR count). The minimum Gasteiger partial charge on any atom is -0.315 e. The van der Waals surface area contributed by atoms with E-state index in [1.54, 1.807) is 0 Å². The first kappa shape index (κ1) is 22.0. The Hall–Kier alpha value is -3.20. The molecule has 0 bridgehead atoms. The predicted molar refractivity (Wildman–Crippen MR) is 135 cm³/mol. The summed E-state index contributed by atoms with van der Waals surface area (Å²) in [4.78, 5) is 0. The Labute approximate surface area is 192 Å². The molecule has 0 aliphatic rings. The summed E-state index contributed by atoms with van der Waals surface area (Å²) in [6, 6.07) is 43.3. The molecular weight excluding hydrogens is 388 g/mol. The van der Waals surface area contributed by atoms with Gasteiger partial charge in [-0.2, -0.15) is 0 Å². The number of hydrogen-bond acceptors (Lipinski definition) is 2. The van der Waals surface area contributed by atoms with Crippen molar-refractivity contribution >= 4 is 0 Å². The lowest BCUT2D eigenvalue weighted by atomic mass is 9.88. The molecule has 0 fully saturated rings. The molecule has 162 valence electrons. The third-order valence-corrected chi connectivity index (χ3v) is 5.93. The lowest BCUT2D eigenvalue weighted by Gasteiger charge is -2.21. The topological polar surface area (TPSA) is 24.1 Å². The maximum Gasteiger partial charge on any atom is 0.0577 e. The van der Waals surface area contributed by atoms with Gasteiger partial charge in [0.2, 0.25) is 0 Å². The van der Waals surface area contributed by atoms with Gasteiger partial charge < -0.3 is 10.6 Å². The van der Waals surface area contributed by atoms with Crippen LogP contribution >= 0.6 is 0 Å². The molecule has 4 aromatic carbocycles. The molecule has 0 spiro atoms. The van der Waals surface area contributed by atoms with Gasteiger partial charge in [0.15, 0.2) is 0 Å². The molecule has 0 heterocycles. The van der Waals surface area contributed by atoms with Gasteiger partial charge in [-0.3, -0.25) is 0 Å². The first-order chi connectivity index (χ1) is 15.9. The third kappa shape index (κ3) is 6.16. The van der Waals surface area contributed by atoms with Gasteiger partial charge in [-0.1, -0.05) is 121 Å². The summed E-state index contributed by atoms with van der Waals surface area (Å²) in [5.41, 5.74) is 5.36. The van der Waals surface area contributed by atoms with Crippen molar-refractivity contribution in [1.29, 1.82) is 0 Å². The fraction of sp³-hybridized carbons (Fsp3) is 0.200. The third-order valence-electron chi connectivity index (χ3n) is 5.93. The van der Waals surface area contributed by atoms with E-state index in [0.29, 0.717) is 5.92 Å². The fourth-order valence-electron chi connectivity index (χ4n) is 4.29. The zero-order chi connectivity index (χ0) is 21.8. The van der Waals surface area contributed by atoms with Gasteiger partial charge in [0, 0.05) is 19.0 Å². The van der Waals surface area contributed by atoms with Crippen LogP contribution < -0.4 is 10.6 Å². The Bertz CT molecular complexity index is 851. The van der Waals surface area contributed by atoms with E-state index >= 15 is 0 Å². The number of nitrogens with one attached hydrogen (secondary N) is 2. The van der Waals surface area contributed by atoms with Gasteiger partial charge in [-0.25, -0.2) is 0 Å². The van der Waals surface area contributed by atoms with Crippen molar-refractivity contribution in [3.8, 4) is 0 Å². The first-order valence-electron chi connectivity index (χ1n) is 11.6. The van der Waals surface area contributed by atoms with Gasteiger partial charge in [0.1, 0.15) is 0 Å². The largest absolute Gasteiger partial charge is 0.315 e. The standard InChI is InChI=1S/C30H32N2/c1-5-13-25(14-6-1)29(26-15-7-2-8-16-26)21-22-31-23-24-32-30(27-17-9-3-10-18-27)28-19-11-4-12-20-28/h1-20,29-32H,21-24H2. The fourth-order valence-corrected chi connectivity index (χ4v) is 4.29. The van der Waals surface area contributed by atoms with Crippen LogP contribution in [0.25, 0.3) is 0 Å². The van der Waals surface area contributed by atoms with Crippen LogP contribution in [0.5, 0.6) is 0 Å². The van der Waals surface area contributed by atoms with E-state index in [-0.39, 0.29) is 6.04 Å². The second-order valence-corrected chi connectivity index (χ2v) is 8.12. The van der Waals surface area contributed by atoms with Gasteiger partial charge >= 0.3 is 0 Å². The summed E-state index contributed by atoms with van der Waals surface area (Å²) < 4.78 is 0. The van der Waals surface area contributed by atoms with E-state index in [2.05, 4.69) is 132 Å². The Balaban J connectivity index is 1.31. The van der Waals surface area contributed by atoms with Crippen LogP contribution in [0.1, 0.15) is 40.6 Å². The predicted octanol–water partition coefficient (Wildman–Crippen LogP) is 6.18. The SMILES string of the molecule is c1ccc(C(CCNCCNC(c2ccccc2)c2ccccc2)c2ccccc2)cc1. The second kappa shape index (κ2) is 12.0. The van der Waals surface area contributed by atoms with Crippen LogP contribution in [0, 0.1) is 0 Å². The molecule has 2 heteroatoms. The van der Waals surface area contributed by atoms with Crippen LogP contribution in [0.2, 0.25) is 0 Å². The van der Waals surface area contributed by atoms with E-state index in [4.69, 9.17) is 0 Å². The molecule has 2 nitrogen and oxygen atoms in total. The Morgan fingerprint density at radius 3 is 1.28 bits per heavy atom. The molecule has 0 unspecified atom stereocenters. The normalized spacial score (nSPS) is 11.2. The molecule has 2 N–H and O–H groups in total. The van der Waals surface area contributed by atoms with Crippen molar-refractivity contribution in [3.05, 3.63) is 144 Å². The molecule has 0 aliphatic carbocycles. The molecule has 0 radical (unpaired) electrons. The van der Waals surface area contributed by atoms with Crippen LogP contribution in [0.4, 0.5) is 0 Å². The average molecular weight is 421 g/mol. The summed E-state index contributed by atoms with van der Waals surface area (Å²) in [5.74, 6) is 0.416. The lowest BCUT2D eigenvalue weighted by Crippen LogP contribution is -2.31. The molecule has 0 saturated carbocycles. The van der Waals surface area contributed by atoms with Crippen molar-refractivity contribution in [2.24, 2.45) is 0 Å². The quantitative estimate of drug-likeness (QED) is 0.283. The summed E-state index contributed by atoms with van der Waals surface area (Å²) >= 11 is 0. The molecule has 32 heavy (non-hydrogen) atoms. The van der Waals surface area contributed by atoms with Crippen LogP contribution in [0.3, 0.4) is 0 Å². The van der Waals surface area contributed by atoms with Gasteiger partial charge in [-0.15, -0.1) is 0 Å². The van der Waals surface area contributed by atoms with E-state index in [1.807, 2.05) is 0 Å². The second-order valence-electron chi connectivity index (χ2n) is 8.12. The van der Waals surface area contributed by atoms with Crippen LogP contribution in [-0.2, 0) is 0 Å². The Kier molecular flexibility index (Phi) is 8.25. The lowest BCUT2D eigenvalue weighted by molar-refractivity contribution is 0.549. The average Bonchev–Trinajstić information content (AvgIpc) is 2.88. The van der Waals surface area contributed by atoms with E-state index in [9.17, 15) is 0 Å². The Morgan fingerprint density at radius 1 is 0.438 bits per heavy atom. The number of hydrogen-bond donors (Lipinski definition) is 2. The molecule has 0 saturated heterocycles. The van der Waals surface area contributed by atoms with Crippen molar-refractivity contribution in [3.63, 3.8) is 0 Å². The minimum absolute atomic E-state index is 0.209. The van der Waals surface area contributed by atoms with Crippen molar-refractivity contribution in [1.82, 2.24) is 10.6 Å². The van der Waals surface area contributed by atoms with Gasteiger partial charge in [0.25, 0.3) is 0 Å². The van der Waals surface area contributed by atoms with Crippen LogP contribution in [-0.4, -0.2) is 19.6 Å². The molecule has 0 aromatic heterocycles. The van der Waals surface area contributed by atoms with Gasteiger partial charge in [-0.05, 0) is 35.2 Å². The minimum atomic E-state index is 0.209. The first-order valence-corrected chi connectivity index (χ1v) is 11.6. The highest BCUT2D eigenvalue weighted by atomic mass is 15.0. The molecule has 0 atom stereocenters. The Morgan fingerprint density at radius 2 is 0.844 bits per heavy atom. The summed E-state index contributed by atoms with van der Waals surface area (Å²) in [6.45, 7) is 2.83. The number of rotatable bonds is 11. The van der Waals surface area contributed by atoms with Crippen LogP contribution in [0.15, 0.2) is 121 Å². The zero-order valence-electron chi connectivity index (χ0n) is 18.5. The maximum absolute atomic E-state index is 3.74. The highest BCUT2D eigenvalue weighted by Gasteiger charge is 2.14. The van der Waals surface area contributed by atoms with Crippen molar-refractivity contribution < 1.29 is 0 Å². The summed E-state index contributed by atoms with van der Waals surface area (Å²) in [7, 11) is 0. The van der Waals surface area contributed by atoms with Crippen molar-refractivity contribution in [2.75, 3.05) is 19.6 Å². The maximum atomic E-state index is 3.74. The van der Waals surface area contributed by atoms with Crippen molar-refractivity contribution in [2.45, 2.75) is 18.4 Å². The zero-order valence-corrected chi connectivity index (χ0v) is 18.5. The summed E-state index contributed by atoms with van der Waals surface area (Å²) in [5, 5.41) is 7.39. The molecule has 0 amide bonds. The molecular formula is C30H32N2. The highest BCUT2D eigenvalue weighted by molar-refractivity contribution is 5.33. The van der Waals surface area contributed by atoms with E-state index in [0.717, 1.165) is 26.1 Å². The highest BCUT2D eigenvalue weighted by Crippen LogP contribution is 2.27. The molecule has 4 aromatic rings.